The molecule has 0 bridgehead atoms. The van der Waals surface area contributed by atoms with Crippen LogP contribution in [0.15, 0.2) is 47.1 Å². The number of rotatable bonds is 4. The van der Waals surface area contributed by atoms with E-state index in [4.69, 9.17) is 13.9 Å². The zero-order chi connectivity index (χ0) is 19.7. The van der Waals surface area contributed by atoms with Gasteiger partial charge in [0.25, 0.3) is 5.91 Å². The Balaban J connectivity index is 1.43. The first-order chi connectivity index (χ1) is 13.5. The zero-order valence-electron chi connectivity index (χ0n) is 16.0. The highest BCUT2D eigenvalue weighted by molar-refractivity contribution is 6.08. The van der Waals surface area contributed by atoms with E-state index < -0.39 is 5.97 Å². The van der Waals surface area contributed by atoms with Crippen LogP contribution in [0.1, 0.15) is 19.4 Å². The van der Waals surface area contributed by atoms with E-state index >= 15 is 0 Å². The van der Waals surface area contributed by atoms with Crippen molar-refractivity contribution in [2.45, 2.75) is 32.5 Å². The van der Waals surface area contributed by atoms with E-state index in [9.17, 15) is 9.59 Å². The lowest BCUT2D eigenvalue weighted by molar-refractivity contribution is -0.156. The molecular weight excluding hydrogens is 358 g/mol. The number of carbonyl (C=O) groups excluding carboxylic acids is 2. The lowest BCUT2D eigenvalue weighted by Gasteiger charge is -2.35. The van der Waals surface area contributed by atoms with Gasteiger partial charge in [0, 0.05) is 24.0 Å². The normalized spacial score (nSPS) is 19.9. The second kappa shape index (κ2) is 7.64. The molecule has 0 N–H and O–H groups in total. The number of esters is 1. The molecule has 28 heavy (non-hydrogen) atoms. The van der Waals surface area contributed by atoms with E-state index in [-0.39, 0.29) is 31.1 Å². The summed E-state index contributed by atoms with van der Waals surface area (Å²) in [6.07, 6.45) is 1.61. The molecule has 6 heteroatoms. The molecular formula is C22H23NO5. The van der Waals surface area contributed by atoms with E-state index in [0.29, 0.717) is 13.1 Å². The highest BCUT2D eigenvalue weighted by Gasteiger charge is 2.26. The molecule has 146 valence electrons. The first-order valence-electron chi connectivity index (χ1n) is 9.48. The van der Waals surface area contributed by atoms with E-state index in [1.807, 2.05) is 50.2 Å². The fourth-order valence-corrected chi connectivity index (χ4v) is 3.83. The highest BCUT2D eigenvalue weighted by Crippen LogP contribution is 2.30. The van der Waals surface area contributed by atoms with Gasteiger partial charge in [0.2, 0.25) is 0 Å². The maximum absolute atomic E-state index is 12.4. The summed E-state index contributed by atoms with van der Waals surface area (Å²) in [5.41, 5.74) is 1.49. The molecule has 1 fully saturated rings. The van der Waals surface area contributed by atoms with Crippen LogP contribution in [0.25, 0.3) is 21.7 Å². The third-order valence-corrected chi connectivity index (χ3v) is 5.00. The van der Waals surface area contributed by atoms with Crippen molar-refractivity contribution in [1.82, 2.24) is 4.90 Å². The maximum atomic E-state index is 12.4. The molecule has 1 saturated heterocycles. The maximum Gasteiger partial charge on any atom is 0.310 e. The number of ether oxygens (including phenoxy) is 2. The van der Waals surface area contributed by atoms with Crippen LogP contribution in [0.4, 0.5) is 0 Å². The monoisotopic (exact) mass is 381 g/mol. The van der Waals surface area contributed by atoms with E-state index in [1.165, 1.54) is 0 Å². The quantitative estimate of drug-likeness (QED) is 0.649. The summed E-state index contributed by atoms with van der Waals surface area (Å²) in [5, 5.41) is 3.03. The lowest BCUT2D eigenvalue weighted by Crippen LogP contribution is -2.49. The number of hydrogen-bond acceptors (Lipinski definition) is 5. The molecule has 0 spiro atoms. The van der Waals surface area contributed by atoms with Crippen LogP contribution < -0.4 is 0 Å². The van der Waals surface area contributed by atoms with Crippen LogP contribution in [-0.2, 0) is 25.5 Å². The summed E-state index contributed by atoms with van der Waals surface area (Å²) in [6.45, 7) is 4.62. The van der Waals surface area contributed by atoms with Crippen LogP contribution in [-0.4, -0.2) is 48.7 Å². The average Bonchev–Trinajstić information content (AvgIpc) is 3.08. The molecule has 1 aliphatic rings. The number of amides is 1. The number of furan rings is 1. The molecule has 0 unspecified atom stereocenters. The van der Waals surface area contributed by atoms with Gasteiger partial charge in [-0.2, -0.15) is 0 Å². The molecule has 1 aromatic heterocycles. The van der Waals surface area contributed by atoms with Gasteiger partial charge < -0.3 is 18.8 Å². The largest absolute Gasteiger partial charge is 0.464 e. The molecule has 0 saturated carbocycles. The summed E-state index contributed by atoms with van der Waals surface area (Å²) in [7, 11) is 0. The minimum absolute atomic E-state index is 0.0195. The summed E-state index contributed by atoms with van der Waals surface area (Å²) in [6, 6.07) is 11.9. The average molecular weight is 381 g/mol. The first-order valence-corrected chi connectivity index (χ1v) is 9.48. The van der Waals surface area contributed by atoms with Gasteiger partial charge in [0.15, 0.2) is 6.61 Å². The fraction of sp³-hybridized carbons (Fsp3) is 0.364. The second-order valence-corrected chi connectivity index (χ2v) is 7.31. The summed E-state index contributed by atoms with van der Waals surface area (Å²) in [5.74, 6) is -0.642. The van der Waals surface area contributed by atoms with Crippen molar-refractivity contribution in [3.63, 3.8) is 0 Å². The summed E-state index contributed by atoms with van der Waals surface area (Å²) in [4.78, 5) is 26.4. The summed E-state index contributed by atoms with van der Waals surface area (Å²) < 4.78 is 16.5. The molecule has 0 radical (unpaired) electrons. The van der Waals surface area contributed by atoms with Gasteiger partial charge in [-0.3, -0.25) is 9.59 Å². The topological polar surface area (TPSA) is 69.0 Å². The Hall–Kier alpha value is -2.86. The van der Waals surface area contributed by atoms with Crippen molar-refractivity contribution in [1.29, 1.82) is 0 Å². The minimum Gasteiger partial charge on any atom is -0.464 e. The number of carbonyl (C=O) groups is 2. The summed E-state index contributed by atoms with van der Waals surface area (Å²) >= 11 is 0. The molecule has 4 rings (SSSR count). The van der Waals surface area contributed by atoms with E-state index in [2.05, 4.69) is 0 Å². The number of nitrogens with zero attached hydrogens (tertiary/aromatic N) is 1. The minimum atomic E-state index is -0.446. The molecule has 2 atom stereocenters. The Labute approximate surface area is 163 Å². The smallest absolute Gasteiger partial charge is 0.310 e. The van der Waals surface area contributed by atoms with Gasteiger partial charge in [-0.1, -0.05) is 30.3 Å². The highest BCUT2D eigenvalue weighted by atomic mass is 16.5. The molecule has 1 aliphatic heterocycles. The molecule has 2 aromatic carbocycles. The van der Waals surface area contributed by atoms with E-state index in [1.54, 1.807) is 11.2 Å². The number of benzene rings is 2. The number of fused-ring (bicyclic) bond motifs is 3. The third kappa shape index (κ3) is 3.73. The van der Waals surface area contributed by atoms with Crippen molar-refractivity contribution in [2.24, 2.45) is 0 Å². The zero-order valence-corrected chi connectivity index (χ0v) is 16.0. The predicted molar refractivity (Wildman–Crippen MR) is 105 cm³/mol. The van der Waals surface area contributed by atoms with Crippen LogP contribution in [0.5, 0.6) is 0 Å². The van der Waals surface area contributed by atoms with Gasteiger partial charge in [0.05, 0.1) is 24.9 Å². The van der Waals surface area contributed by atoms with Crippen molar-refractivity contribution in [3.05, 3.63) is 48.2 Å². The van der Waals surface area contributed by atoms with Gasteiger partial charge in [-0.25, -0.2) is 0 Å². The van der Waals surface area contributed by atoms with Crippen LogP contribution >= 0.6 is 0 Å². The van der Waals surface area contributed by atoms with Gasteiger partial charge in [-0.15, -0.1) is 0 Å². The predicted octanol–water partition coefficient (Wildman–Crippen LogP) is 3.31. The molecule has 2 heterocycles. The number of hydrogen-bond donors (Lipinski definition) is 0. The Morgan fingerprint density at radius 2 is 1.86 bits per heavy atom. The van der Waals surface area contributed by atoms with Gasteiger partial charge in [-0.05, 0) is 30.7 Å². The van der Waals surface area contributed by atoms with Crippen LogP contribution in [0.2, 0.25) is 0 Å². The van der Waals surface area contributed by atoms with Crippen LogP contribution in [0, 0.1) is 0 Å². The molecule has 6 nitrogen and oxygen atoms in total. The Morgan fingerprint density at radius 1 is 1.11 bits per heavy atom. The van der Waals surface area contributed by atoms with Gasteiger partial charge in [0.1, 0.15) is 5.58 Å². The SMILES string of the molecule is C[C@H]1CN(C(=O)COC(=O)Cc2coc3ccc4ccccc4c23)C[C@H](C)O1. The number of morpholine rings is 1. The van der Waals surface area contributed by atoms with Crippen molar-refractivity contribution < 1.29 is 23.5 Å². The van der Waals surface area contributed by atoms with Gasteiger partial charge >= 0.3 is 5.97 Å². The second-order valence-electron chi connectivity index (χ2n) is 7.31. The Kier molecular flexibility index (Phi) is 5.05. The Bertz CT molecular complexity index is 1010. The first kappa shape index (κ1) is 18.5. The Morgan fingerprint density at radius 3 is 2.64 bits per heavy atom. The standard InChI is InChI=1S/C22H23NO5/c1-14-10-23(11-15(2)28-14)20(24)13-27-21(25)9-17-12-26-19-8-7-16-5-3-4-6-18(16)22(17)19/h3-8,12,14-15H,9-11,13H2,1-2H3/t14-,15-/m0/s1. The third-order valence-electron chi connectivity index (χ3n) is 5.00. The van der Waals surface area contributed by atoms with E-state index in [0.717, 1.165) is 27.3 Å². The molecule has 3 aromatic rings. The van der Waals surface area contributed by atoms with Crippen molar-refractivity contribution >= 4 is 33.6 Å². The molecule has 1 amide bonds. The van der Waals surface area contributed by atoms with Crippen LogP contribution in [0.3, 0.4) is 0 Å². The lowest BCUT2D eigenvalue weighted by atomic mass is 10.0. The van der Waals surface area contributed by atoms with Crippen molar-refractivity contribution in [3.8, 4) is 0 Å². The van der Waals surface area contributed by atoms with Crippen molar-refractivity contribution in [2.75, 3.05) is 19.7 Å². The fourth-order valence-electron chi connectivity index (χ4n) is 3.83. The molecule has 0 aliphatic carbocycles.